The Hall–Kier alpha value is -1.93. The lowest BCUT2D eigenvalue weighted by Gasteiger charge is -2.22. The Kier molecular flexibility index (Phi) is 2.53. The van der Waals surface area contributed by atoms with Crippen molar-refractivity contribution in [3.05, 3.63) is 29.7 Å². The normalized spacial score (nSPS) is 17.8. The Morgan fingerprint density at radius 2 is 2.17 bits per heavy atom. The molecule has 1 saturated carbocycles. The maximum Gasteiger partial charge on any atom is 0.235 e. The largest absolute Gasteiger partial charge is 0.441 e. The van der Waals surface area contributed by atoms with E-state index < -0.39 is 5.54 Å². The lowest BCUT2D eigenvalue weighted by molar-refractivity contribution is 0.448. The number of aliphatic imine (C=N–C) groups is 1. The molecule has 1 heterocycles. The molecule has 0 spiro atoms. The molecular weight excluding hydrogens is 228 g/mol. The average Bonchev–Trinajstić information content (AvgIpc) is 2.94. The number of aromatic nitrogens is 1. The number of rotatable bonds is 2. The molecule has 2 aromatic rings. The van der Waals surface area contributed by atoms with Crippen LogP contribution in [-0.4, -0.2) is 11.1 Å². The van der Waals surface area contributed by atoms with Gasteiger partial charge in [0.15, 0.2) is 11.5 Å². The molecule has 1 aliphatic rings. The highest BCUT2D eigenvalue weighted by molar-refractivity contribution is 5.78. The predicted octanol–water partition coefficient (Wildman–Crippen LogP) is 3.24. The molecule has 0 radical (unpaired) electrons. The van der Waals surface area contributed by atoms with Crippen LogP contribution in [-0.2, 0) is 10.3 Å². The van der Waals surface area contributed by atoms with Gasteiger partial charge >= 0.3 is 0 Å². The Morgan fingerprint density at radius 3 is 2.89 bits per heavy atom. The predicted molar refractivity (Wildman–Crippen MR) is 67.0 cm³/mol. The van der Waals surface area contributed by atoms with E-state index in [0.717, 1.165) is 42.3 Å². The standard InChI is InChI=1S/C14H14N2O2/c1-10-16-12-6-4-5-11(13(12)18-10)14(15-9-17)7-2-3-8-14/h4-6H,2-3,7-8H2,1H3. The van der Waals surface area contributed by atoms with Crippen LogP contribution < -0.4 is 0 Å². The van der Waals surface area contributed by atoms with Gasteiger partial charge in [-0.2, -0.15) is 4.99 Å². The maximum atomic E-state index is 10.7. The number of carbonyl (C=O) groups excluding carboxylic acids is 1. The highest BCUT2D eigenvalue weighted by atomic mass is 16.3. The molecule has 0 unspecified atom stereocenters. The Bertz CT molecular complexity index is 632. The molecule has 4 heteroatoms. The van der Waals surface area contributed by atoms with E-state index in [1.165, 1.54) is 0 Å². The minimum absolute atomic E-state index is 0.451. The zero-order chi connectivity index (χ0) is 12.6. The lowest BCUT2D eigenvalue weighted by Crippen LogP contribution is -2.19. The SMILES string of the molecule is Cc1nc2cccc(C3(N=C=O)CCCC3)c2o1. The van der Waals surface area contributed by atoms with Crippen LogP contribution in [0.3, 0.4) is 0 Å². The molecule has 0 bridgehead atoms. The van der Waals surface area contributed by atoms with Crippen molar-refractivity contribution in [3.63, 3.8) is 0 Å². The number of hydrogen-bond acceptors (Lipinski definition) is 4. The van der Waals surface area contributed by atoms with E-state index in [4.69, 9.17) is 4.42 Å². The van der Waals surface area contributed by atoms with E-state index in [-0.39, 0.29) is 0 Å². The molecule has 92 valence electrons. The van der Waals surface area contributed by atoms with E-state index >= 15 is 0 Å². The molecule has 1 aliphatic carbocycles. The smallest absolute Gasteiger partial charge is 0.235 e. The van der Waals surface area contributed by atoms with Crippen molar-refractivity contribution in [2.24, 2.45) is 4.99 Å². The number of hydrogen-bond donors (Lipinski definition) is 0. The summed E-state index contributed by atoms with van der Waals surface area (Å²) in [6.45, 7) is 1.83. The zero-order valence-corrected chi connectivity index (χ0v) is 10.3. The van der Waals surface area contributed by atoms with E-state index in [2.05, 4.69) is 9.98 Å². The summed E-state index contributed by atoms with van der Waals surface area (Å²) in [6, 6.07) is 5.85. The van der Waals surface area contributed by atoms with E-state index in [0.29, 0.717) is 5.89 Å². The van der Waals surface area contributed by atoms with Gasteiger partial charge in [0.2, 0.25) is 6.08 Å². The summed E-state index contributed by atoms with van der Waals surface area (Å²) < 4.78 is 5.68. The van der Waals surface area contributed by atoms with Gasteiger partial charge in [-0.25, -0.2) is 9.78 Å². The molecule has 0 N–H and O–H groups in total. The zero-order valence-electron chi connectivity index (χ0n) is 10.3. The van der Waals surface area contributed by atoms with Crippen molar-refractivity contribution < 1.29 is 9.21 Å². The average molecular weight is 242 g/mol. The van der Waals surface area contributed by atoms with Crippen molar-refractivity contribution in [3.8, 4) is 0 Å². The minimum Gasteiger partial charge on any atom is -0.441 e. The highest BCUT2D eigenvalue weighted by Gasteiger charge is 2.38. The number of fused-ring (bicyclic) bond motifs is 1. The first kappa shape index (κ1) is 11.2. The molecule has 0 saturated heterocycles. The van der Waals surface area contributed by atoms with Crippen LogP contribution in [0.1, 0.15) is 37.1 Å². The number of para-hydroxylation sites is 1. The molecule has 1 aromatic carbocycles. The van der Waals surface area contributed by atoms with Crippen LogP contribution in [0.2, 0.25) is 0 Å². The summed E-state index contributed by atoms with van der Waals surface area (Å²) in [6.07, 6.45) is 5.64. The molecule has 0 atom stereocenters. The van der Waals surface area contributed by atoms with Crippen molar-refractivity contribution in [2.75, 3.05) is 0 Å². The van der Waals surface area contributed by atoms with E-state index in [9.17, 15) is 4.79 Å². The summed E-state index contributed by atoms with van der Waals surface area (Å²) in [4.78, 5) is 19.2. The molecule has 18 heavy (non-hydrogen) atoms. The molecular formula is C14H14N2O2. The third-order valence-electron chi connectivity index (χ3n) is 3.71. The second-order valence-corrected chi connectivity index (χ2v) is 4.83. The number of nitrogens with zero attached hydrogens (tertiary/aromatic N) is 2. The van der Waals surface area contributed by atoms with Crippen LogP contribution in [0.25, 0.3) is 11.1 Å². The van der Waals surface area contributed by atoms with Crippen LogP contribution in [0, 0.1) is 6.92 Å². The van der Waals surface area contributed by atoms with Crippen LogP contribution >= 0.6 is 0 Å². The van der Waals surface area contributed by atoms with Crippen molar-refractivity contribution in [1.29, 1.82) is 0 Å². The first-order chi connectivity index (χ1) is 8.75. The molecule has 1 fully saturated rings. The first-order valence-electron chi connectivity index (χ1n) is 6.21. The van der Waals surface area contributed by atoms with Crippen molar-refractivity contribution in [1.82, 2.24) is 4.98 Å². The molecule has 0 aliphatic heterocycles. The summed E-state index contributed by atoms with van der Waals surface area (Å²) in [5.74, 6) is 0.640. The van der Waals surface area contributed by atoms with Gasteiger partial charge in [0, 0.05) is 12.5 Å². The van der Waals surface area contributed by atoms with E-state index in [1.54, 1.807) is 6.08 Å². The fourth-order valence-corrected chi connectivity index (χ4v) is 2.92. The highest BCUT2D eigenvalue weighted by Crippen LogP contribution is 2.44. The summed E-state index contributed by atoms with van der Waals surface area (Å²) in [7, 11) is 0. The second-order valence-electron chi connectivity index (χ2n) is 4.83. The van der Waals surface area contributed by atoms with E-state index in [1.807, 2.05) is 25.1 Å². The summed E-state index contributed by atoms with van der Waals surface area (Å²) >= 11 is 0. The number of benzene rings is 1. The Balaban J connectivity index is 2.26. The Labute approximate surface area is 105 Å². The lowest BCUT2D eigenvalue weighted by atomic mass is 9.88. The first-order valence-corrected chi connectivity index (χ1v) is 6.21. The minimum atomic E-state index is -0.451. The summed E-state index contributed by atoms with van der Waals surface area (Å²) in [5, 5.41) is 0. The van der Waals surface area contributed by atoms with Gasteiger partial charge in [-0.3, -0.25) is 0 Å². The van der Waals surface area contributed by atoms with Crippen LogP contribution in [0.15, 0.2) is 27.6 Å². The van der Waals surface area contributed by atoms with Crippen LogP contribution in [0.4, 0.5) is 0 Å². The fraction of sp³-hybridized carbons (Fsp3) is 0.429. The van der Waals surface area contributed by atoms with Gasteiger partial charge < -0.3 is 4.42 Å². The van der Waals surface area contributed by atoms with Gasteiger partial charge in [0.25, 0.3) is 0 Å². The quantitative estimate of drug-likeness (QED) is 0.600. The summed E-state index contributed by atoms with van der Waals surface area (Å²) in [5.41, 5.74) is 2.11. The number of aryl methyl sites for hydroxylation is 1. The monoisotopic (exact) mass is 242 g/mol. The van der Waals surface area contributed by atoms with Gasteiger partial charge in [0.05, 0.1) is 0 Å². The van der Waals surface area contributed by atoms with Gasteiger partial charge in [0.1, 0.15) is 11.1 Å². The topological polar surface area (TPSA) is 55.5 Å². The second kappa shape index (κ2) is 4.07. The Morgan fingerprint density at radius 1 is 1.39 bits per heavy atom. The number of isocyanates is 1. The maximum absolute atomic E-state index is 10.7. The molecule has 4 nitrogen and oxygen atoms in total. The van der Waals surface area contributed by atoms with Crippen LogP contribution in [0.5, 0.6) is 0 Å². The van der Waals surface area contributed by atoms with Gasteiger partial charge in [-0.1, -0.05) is 25.0 Å². The molecule has 3 rings (SSSR count). The molecule has 0 amide bonds. The van der Waals surface area contributed by atoms with Gasteiger partial charge in [-0.15, -0.1) is 0 Å². The third kappa shape index (κ3) is 1.57. The van der Waals surface area contributed by atoms with Crippen molar-refractivity contribution in [2.45, 2.75) is 38.1 Å². The van der Waals surface area contributed by atoms with Crippen molar-refractivity contribution >= 4 is 17.2 Å². The van der Waals surface area contributed by atoms with Gasteiger partial charge in [-0.05, 0) is 18.9 Å². The molecule has 1 aromatic heterocycles. The number of oxazole rings is 1. The third-order valence-corrected chi connectivity index (χ3v) is 3.71. The fourth-order valence-electron chi connectivity index (χ4n) is 2.92.